The third kappa shape index (κ3) is 5.29. The number of hydrogen-bond acceptors (Lipinski definition) is 4. The van der Waals surface area contributed by atoms with E-state index in [1.807, 2.05) is 32.9 Å². The van der Waals surface area contributed by atoms with E-state index in [1.165, 1.54) is 0 Å². The fraction of sp³-hybridized carbons (Fsp3) is 0.550. The molecule has 0 saturated carbocycles. The van der Waals surface area contributed by atoms with Crippen LogP contribution in [0, 0.1) is 12.8 Å². The number of ether oxygens (including phenoxy) is 1. The van der Waals surface area contributed by atoms with E-state index in [2.05, 4.69) is 5.32 Å². The maximum absolute atomic E-state index is 13.1. The van der Waals surface area contributed by atoms with Gasteiger partial charge in [0.2, 0.25) is 5.91 Å². The summed E-state index contributed by atoms with van der Waals surface area (Å²) in [5, 5.41) is 12.0. The first-order valence-corrected chi connectivity index (χ1v) is 9.15. The molecular weight excluding hydrogens is 348 g/mol. The molecule has 2 amide bonds. The van der Waals surface area contributed by atoms with Crippen molar-refractivity contribution in [2.24, 2.45) is 5.92 Å². The van der Waals surface area contributed by atoms with Crippen molar-refractivity contribution in [2.45, 2.75) is 51.8 Å². The highest BCUT2D eigenvalue weighted by Gasteiger charge is 2.40. The second kappa shape index (κ2) is 8.99. The quantitative estimate of drug-likeness (QED) is 0.757. The van der Waals surface area contributed by atoms with E-state index in [-0.39, 0.29) is 30.3 Å². The van der Waals surface area contributed by atoms with E-state index in [0.29, 0.717) is 18.5 Å². The zero-order valence-electron chi connectivity index (χ0n) is 16.3. The van der Waals surface area contributed by atoms with Crippen molar-refractivity contribution in [1.82, 2.24) is 10.2 Å². The summed E-state index contributed by atoms with van der Waals surface area (Å²) in [6.07, 6.45) is 0.145. The molecule has 3 atom stereocenters. The summed E-state index contributed by atoms with van der Waals surface area (Å²) in [4.78, 5) is 38.4. The average molecular weight is 376 g/mol. The molecule has 1 saturated heterocycles. The molecular formula is C20H28N2O5. The predicted molar refractivity (Wildman–Crippen MR) is 100 cm³/mol. The molecule has 0 aromatic heterocycles. The highest BCUT2D eigenvalue weighted by Crippen LogP contribution is 2.24. The van der Waals surface area contributed by atoms with Gasteiger partial charge >= 0.3 is 5.97 Å². The van der Waals surface area contributed by atoms with Gasteiger partial charge in [-0.25, -0.2) is 0 Å². The van der Waals surface area contributed by atoms with E-state index in [4.69, 9.17) is 9.84 Å². The molecule has 1 aromatic carbocycles. The van der Waals surface area contributed by atoms with Crippen molar-refractivity contribution in [3.05, 3.63) is 35.4 Å². The Morgan fingerprint density at radius 2 is 1.89 bits per heavy atom. The van der Waals surface area contributed by atoms with Gasteiger partial charge in [-0.15, -0.1) is 0 Å². The van der Waals surface area contributed by atoms with Crippen LogP contribution in [-0.2, 0) is 14.3 Å². The van der Waals surface area contributed by atoms with Crippen molar-refractivity contribution in [1.29, 1.82) is 0 Å². The maximum Gasteiger partial charge on any atom is 0.305 e. The minimum absolute atomic E-state index is 0.137. The maximum atomic E-state index is 13.1. The molecule has 0 bridgehead atoms. The number of benzene rings is 1. The van der Waals surface area contributed by atoms with Crippen LogP contribution in [-0.4, -0.2) is 59.6 Å². The largest absolute Gasteiger partial charge is 0.481 e. The molecule has 0 spiro atoms. The lowest BCUT2D eigenvalue weighted by Crippen LogP contribution is -2.53. The van der Waals surface area contributed by atoms with Crippen LogP contribution in [0.5, 0.6) is 0 Å². The Bertz CT molecular complexity index is 686. The molecule has 7 heteroatoms. The lowest BCUT2D eigenvalue weighted by Gasteiger charge is -2.30. The minimum atomic E-state index is -0.959. The summed E-state index contributed by atoms with van der Waals surface area (Å²) >= 11 is 0. The summed E-state index contributed by atoms with van der Waals surface area (Å²) in [6, 6.07) is 5.96. The Kier molecular flexibility index (Phi) is 6.96. The van der Waals surface area contributed by atoms with E-state index in [9.17, 15) is 14.4 Å². The third-order valence-electron chi connectivity index (χ3n) is 4.94. The van der Waals surface area contributed by atoms with Crippen LogP contribution in [0.3, 0.4) is 0 Å². The zero-order chi connectivity index (χ0) is 20.1. The molecule has 0 radical (unpaired) electrons. The van der Waals surface area contributed by atoms with Gasteiger partial charge in [-0.3, -0.25) is 14.4 Å². The average Bonchev–Trinajstić information content (AvgIpc) is 3.01. The molecule has 1 aliphatic heterocycles. The van der Waals surface area contributed by atoms with E-state index < -0.39 is 18.1 Å². The molecule has 1 aliphatic rings. The van der Waals surface area contributed by atoms with Crippen LogP contribution in [0.25, 0.3) is 0 Å². The van der Waals surface area contributed by atoms with Crippen molar-refractivity contribution < 1.29 is 24.2 Å². The fourth-order valence-corrected chi connectivity index (χ4v) is 3.33. The Hall–Kier alpha value is -2.41. The predicted octanol–water partition coefficient (Wildman–Crippen LogP) is 1.84. The molecule has 1 fully saturated rings. The minimum Gasteiger partial charge on any atom is -0.481 e. The molecule has 1 aromatic rings. The van der Waals surface area contributed by atoms with Crippen molar-refractivity contribution in [3.8, 4) is 0 Å². The number of methoxy groups -OCH3 is 1. The number of nitrogens with zero attached hydrogens (tertiary/aromatic N) is 1. The molecule has 2 N–H and O–H groups in total. The van der Waals surface area contributed by atoms with Crippen molar-refractivity contribution >= 4 is 17.8 Å². The monoisotopic (exact) mass is 376 g/mol. The summed E-state index contributed by atoms with van der Waals surface area (Å²) < 4.78 is 5.33. The number of rotatable bonds is 7. The summed E-state index contributed by atoms with van der Waals surface area (Å²) in [5.74, 6) is -1.69. The first kappa shape index (κ1) is 20.9. The van der Waals surface area contributed by atoms with Crippen LogP contribution >= 0.6 is 0 Å². The molecule has 27 heavy (non-hydrogen) atoms. The first-order valence-electron chi connectivity index (χ1n) is 9.15. The van der Waals surface area contributed by atoms with Gasteiger partial charge in [-0.1, -0.05) is 31.5 Å². The van der Waals surface area contributed by atoms with Gasteiger partial charge in [0.05, 0.1) is 12.5 Å². The normalized spacial score (nSPS) is 20.6. The van der Waals surface area contributed by atoms with E-state index in [0.717, 1.165) is 5.56 Å². The second-order valence-electron chi connectivity index (χ2n) is 7.40. The SMILES string of the molecule is COC1CC(CC(=O)O)N(C(=O)C(NC(=O)c2ccc(C)cc2)C(C)C)C1. The fourth-order valence-electron chi connectivity index (χ4n) is 3.33. The zero-order valence-corrected chi connectivity index (χ0v) is 16.3. The highest BCUT2D eigenvalue weighted by molar-refractivity contribution is 5.97. The second-order valence-corrected chi connectivity index (χ2v) is 7.40. The molecule has 1 heterocycles. The standard InChI is InChI=1S/C20H28N2O5/c1-12(2)18(21-19(25)14-7-5-13(3)6-8-14)20(26)22-11-16(27-4)9-15(22)10-17(23)24/h5-8,12,15-16,18H,9-11H2,1-4H3,(H,21,25)(H,23,24). The number of carbonyl (C=O) groups is 3. The summed E-state index contributed by atoms with van der Waals surface area (Å²) in [5.41, 5.74) is 1.53. The van der Waals surface area contributed by atoms with Gasteiger partial charge in [-0.05, 0) is 31.4 Å². The van der Waals surface area contributed by atoms with Crippen LogP contribution in [0.15, 0.2) is 24.3 Å². The van der Waals surface area contributed by atoms with Crippen LogP contribution < -0.4 is 5.32 Å². The Balaban J connectivity index is 2.16. The molecule has 2 rings (SSSR count). The van der Waals surface area contributed by atoms with Gasteiger partial charge in [0.25, 0.3) is 5.91 Å². The number of carboxylic acid groups (broad SMARTS) is 1. The number of aliphatic carboxylic acids is 1. The highest BCUT2D eigenvalue weighted by atomic mass is 16.5. The first-order chi connectivity index (χ1) is 12.7. The van der Waals surface area contributed by atoms with Gasteiger partial charge in [-0.2, -0.15) is 0 Å². The van der Waals surface area contributed by atoms with Crippen LogP contribution in [0.1, 0.15) is 42.6 Å². The Labute approximate surface area is 159 Å². The van der Waals surface area contributed by atoms with Crippen molar-refractivity contribution in [2.75, 3.05) is 13.7 Å². The lowest BCUT2D eigenvalue weighted by atomic mass is 10.0. The summed E-state index contributed by atoms with van der Waals surface area (Å²) in [7, 11) is 1.55. The molecule has 148 valence electrons. The summed E-state index contributed by atoms with van der Waals surface area (Å²) in [6.45, 7) is 5.98. The smallest absolute Gasteiger partial charge is 0.305 e. The lowest BCUT2D eigenvalue weighted by molar-refractivity contribution is -0.140. The number of carbonyl (C=O) groups excluding carboxylic acids is 2. The molecule has 3 unspecified atom stereocenters. The third-order valence-corrected chi connectivity index (χ3v) is 4.94. The number of carboxylic acids is 1. The number of aryl methyl sites for hydroxylation is 1. The number of likely N-dealkylation sites (tertiary alicyclic amines) is 1. The van der Waals surface area contributed by atoms with Gasteiger partial charge in [0, 0.05) is 25.3 Å². The Morgan fingerprint density at radius 3 is 2.41 bits per heavy atom. The number of hydrogen-bond donors (Lipinski definition) is 2. The van der Waals surface area contributed by atoms with E-state index >= 15 is 0 Å². The topological polar surface area (TPSA) is 95.9 Å². The molecule has 7 nitrogen and oxygen atoms in total. The van der Waals surface area contributed by atoms with Gasteiger partial charge < -0.3 is 20.1 Å². The molecule has 0 aliphatic carbocycles. The van der Waals surface area contributed by atoms with Gasteiger partial charge in [0.15, 0.2) is 0 Å². The number of nitrogens with one attached hydrogen (secondary N) is 1. The number of amides is 2. The van der Waals surface area contributed by atoms with Crippen LogP contribution in [0.4, 0.5) is 0 Å². The Morgan fingerprint density at radius 1 is 1.26 bits per heavy atom. The van der Waals surface area contributed by atoms with Crippen LogP contribution in [0.2, 0.25) is 0 Å². The van der Waals surface area contributed by atoms with E-state index in [1.54, 1.807) is 24.1 Å². The van der Waals surface area contributed by atoms with Gasteiger partial charge in [0.1, 0.15) is 6.04 Å². The van der Waals surface area contributed by atoms with Crippen molar-refractivity contribution in [3.63, 3.8) is 0 Å².